The Labute approximate surface area is 112 Å². The Hall–Kier alpha value is -0.300. The molecule has 0 bridgehead atoms. The average molecular weight is 278 g/mol. The van der Waals surface area contributed by atoms with Crippen molar-refractivity contribution in [2.75, 3.05) is 27.1 Å². The van der Waals surface area contributed by atoms with Crippen LogP contribution in [0, 0.1) is 5.92 Å². The van der Waals surface area contributed by atoms with Crippen molar-refractivity contribution in [3.8, 4) is 0 Å². The van der Waals surface area contributed by atoms with Crippen molar-refractivity contribution in [1.29, 1.82) is 0 Å². The summed E-state index contributed by atoms with van der Waals surface area (Å²) >= 11 is 1.66. The van der Waals surface area contributed by atoms with Gasteiger partial charge in [-0.2, -0.15) is 11.8 Å². The van der Waals surface area contributed by atoms with E-state index in [1.807, 2.05) is 0 Å². The van der Waals surface area contributed by atoms with Gasteiger partial charge >= 0.3 is 5.97 Å². The third kappa shape index (κ3) is 4.12. The number of hydrogen-bond acceptors (Lipinski definition) is 6. The fourth-order valence-corrected chi connectivity index (χ4v) is 3.87. The molecule has 1 rings (SSSR count). The Kier molecular flexibility index (Phi) is 6.99. The summed E-state index contributed by atoms with van der Waals surface area (Å²) in [5, 5.41) is 10.1. The highest BCUT2D eigenvalue weighted by atomic mass is 32.2. The van der Waals surface area contributed by atoms with E-state index < -0.39 is 0 Å². The maximum atomic E-state index is 11.1. The van der Waals surface area contributed by atoms with Gasteiger partial charge in [-0.05, 0) is 12.8 Å². The molecular formula is C12H22O5S. The average Bonchev–Trinajstić information content (AvgIpc) is 2.73. The van der Waals surface area contributed by atoms with Crippen LogP contribution in [-0.4, -0.2) is 55.8 Å². The van der Waals surface area contributed by atoms with E-state index in [9.17, 15) is 9.90 Å². The predicted molar refractivity (Wildman–Crippen MR) is 69.4 cm³/mol. The first-order valence-corrected chi connectivity index (χ1v) is 7.11. The molecule has 0 aromatic carbocycles. The van der Waals surface area contributed by atoms with E-state index >= 15 is 0 Å². The molecule has 1 aliphatic heterocycles. The highest BCUT2D eigenvalue weighted by Crippen LogP contribution is 2.38. The van der Waals surface area contributed by atoms with Gasteiger partial charge < -0.3 is 19.3 Å². The van der Waals surface area contributed by atoms with Gasteiger partial charge in [0.15, 0.2) is 6.29 Å². The van der Waals surface area contributed by atoms with E-state index in [1.165, 1.54) is 7.11 Å². The van der Waals surface area contributed by atoms with Crippen LogP contribution < -0.4 is 0 Å². The molecule has 0 aliphatic carbocycles. The fraction of sp³-hybridized carbons (Fsp3) is 0.917. The van der Waals surface area contributed by atoms with Crippen LogP contribution in [0.3, 0.4) is 0 Å². The van der Waals surface area contributed by atoms with Crippen LogP contribution in [-0.2, 0) is 19.0 Å². The standard InChI is InChI=1S/C12H22O5S/c1-15-10(14)6-4-5-8-9(13)7-18-11(8)12(16-2)17-3/h8-9,11-13H,4-7H2,1-3H3/t8-,9+,11+/m1/s1. The molecule has 0 amide bonds. The van der Waals surface area contributed by atoms with E-state index in [1.54, 1.807) is 26.0 Å². The van der Waals surface area contributed by atoms with Crippen molar-refractivity contribution < 1.29 is 24.1 Å². The third-order valence-corrected chi connectivity index (χ3v) is 4.75. The molecule has 0 aromatic heterocycles. The molecule has 0 spiro atoms. The van der Waals surface area contributed by atoms with E-state index in [0.29, 0.717) is 18.6 Å². The van der Waals surface area contributed by atoms with Crippen LogP contribution in [0.5, 0.6) is 0 Å². The highest BCUT2D eigenvalue weighted by molar-refractivity contribution is 8.00. The molecule has 0 saturated carbocycles. The first kappa shape index (κ1) is 15.8. The van der Waals surface area contributed by atoms with Crippen molar-refractivity contribution in [2.24, 2.45) is 5.92 Å². The van der Waals surface area contributed by atoms with Gasteiger partial charge in [-0.25, -0.2) is 0 Å². The lowest BCUT2D eigenvalue weighted by molar-refractivity contribution is -0.140. The van der Waals surface area contributed by atoms with E-state index in [-0.39, 0.29) is 29.5 Å². The molecule has 106 valence electrons. The summed E-state index contributed by atoms with van der Waals surface area (Å²) in [5.41, 5.74) is 0. The van der Waals surface area contributed by atoms with Crippen molar-refractivity contribution in [3.63, 3.8) is 0 Å². The van der Waals surface area contributed by atoms with Crippen LogP contribution in [0.4, 0.5) is 0 Å². The highest BCUT2D eigenvalue weighted by Gasteiger charge is 2.40. The molecule has 1 heterocycles. The zero-order chi connectivity index (χ0) is 13.5. The molecule has 0 aromatic rings. The van der Waals surface area contributed by atoms with Gasteiger partial charge in [0.05, 0.1) is 18.5 Å². The summed E-state index contributed by atoms with van der Waals surface area (Å²) < 4.78 is 15.1. The Morgan fingerprint density at radius 2 is 2.06 bits per heavy atom. The maximum Gasteiger partial charge on any atom is 0.305 e. The number of hydrogen-bond donors (Lipinski definition) is 1. The van der Waals surface area contributed by atoms with Crippen LogP contribution in [0.1, 0.15) is 19.3 Å². The number of methoxy groups -OCH3 is 3. The predicted octanol–water partition coefficient (Wildman–Crippen LogP) is 1.04. The summed E-state index contributed by atoms with van der Waals surface area (Å²) in [6.45, 7) is 0. The quantitative estimate of drug-likeness (QED) is 0.554. The second kappa shape index (κ2) is 7.99. The van der Waals surface area contributed by atoms with Crippen molar-refractivity contribution in [1.82, 2.24) is 0 Å². The fourth-order valence-electron chi connectivity index (χ4n) is 2.26. The largest absolute Gasteiger partial charge is 0.469 e. The van der Waals surface area contributed by atoms with Gasteiger partial charge in [0.1, 0.15) is 0 Å². The molecular weight excluding hydrogens is 256 g/mol. The first-order valence-electron chi connectivity index (χ1n) is 6.06. The van der Waals surface area contributed by atoms with Crippen LogP contribution in [0.15, 0.2) is 0 Å². The van der Waals surface area contributed by atoms with Crippen molar-refractivity contribution in [3.05, 3.63) is 0 Å². The number of rotatable bonds is 7. The number of carbonyl (C=O) groups excluding carboxylic acids is 1. The van der Waals surface area contributed by atoms with Gasteiger partial charge in [-0.1, -0.05) is 0 Å². The van der Waals surface area contributed by atoms with Crippen molar-refractivity contribution in [2.45, 2.75) is 36.9 Å². The minimum Gasteiger partial charge on any atom is -0.469 e. The Morgan fingerprint density at radius 3 is 2.61 bits per heavy atom. The SMILES string of the molecule is COC(=O)CCC[C@H]1[C@@H](C(OC)OC)SC[C@@H]1O. The first-order chi connectivity index (χ1) is 8.63. The van der Waals surface area contributed by atoms with Crippen LogP contribution in [0.2, 0.25) is 0 Å². The normalized spacial score (nSPS) is 27.7. The smallest absolute Gasteiger partial charge is 0.305 e. The minimum absolute atomic E-state index is 0.101. The summed E-state index contributed by atoms with van der Waals surface area (Å²) in [4.78, 5) is 11.1. The molecule has 1 aliphatic rings. The molecule has 0 radical (unpaired) electrons. The summed E-state index contributed by atoms with van der Waals surface area (Å²) in [7, 11) is 4.59. The summed E-state index contributed by atoms with van der Waals surface area (Å²) in [6, 6.07) is 0. The molecule has 1 N–H and O–H groups in total. The van der Waals surface area contributed by atoms with Gasteiger partial charge in [-0.15, -0.1) is 0 Å². The number of aliphatic hydroxyl groups excluding tert-OH is 1. The van der Waals surface area contributed by atoms with Crippen LogP contribution in [0.25, 0.3) is 0 Å². The lowest BCUT2D eigenvalue weighted by atomic mass is 9.93. The number of esters is 1. The third-order valence-electron chi connectivity index (χ3n) is 3.25. The van der Waals surface area contributed by atoms with E-state index in [0.717, 1.165) is 6.42 Å². The monoisotopic (exact) mass is 278 g/mol. The van der Waals surface area contributed by atoms with Gasteiger partial charge in [0, 0.05) is 32.3 Å². The van der Waals surface area contributed by atoms with E-state index in [4.69, 9.17) is 9.47 Å². The zero-order valence-electron chi connectivity index (χ0n) is 11.1. The lowest BCUT2D eigenvalue weighted by Crippen LogP contribution is -2.34. The zero-order valence-corrected chi connectivity index (χ0v) is 11.9. The Balaban J connectivity index is 2.46. The molecule has 0 unspecified atom stereocenters. The molecule has 5 nitrogen and oxygen atoms in total. The van der Waals surface area contributed by atoms with E-state index in [2.05, 4.69) is 4.74 Å². The minimum atomic E-state index is -0.356. The number of ether oxygens (including phenoxy) is 3. The Bertz CT molecular complexity index is 257. The lowest BCUT2D eigenvalue weighted by Gasteiger charge is -2.26. The molecule has 18 heavy (non-hydrogen) atoms. The maximum absolute atomic E-state index is 11.1. The van der Waals surface area contributed by atoms with Gasteiger partial charge in [-0.3, -0.25) is 4.79 Å². The second-order valence-electron chi connectivity index (χ2n) is 4.34. The Morgan fingerprint density at radius 1 is 1.39 bits per heavy atom. The number of aliphatic hydroxyl groups is 1. The molecule has 6 heteroatoms. The van der Waals surface area contributed by atoms with Crippen LogP contribution >= 0.6 is 11.8 Å². The molecule has 3 atom stereocenters. The second-order valence-corrected chi connectivity index (χ2v) is 5.55. The molecule has 1 fully saturated rings. The summed E-state index contributed by atoms with van der Waals surface area (Å²) in [5.74, 6) is 0.586. The van der Waals surface area contributed by atoms with Crippen molar-refractivity contribution >= 4 is 17.7 Å². The number of carbonyl (C=O) groups is 1. The summed E-state index contributed by atoms with van der Waals surface area (Å²) in [6.07, 6.45) is 1.21. The van der Waals surface area contributed by atoms with Gasteiger partial charge in [0.2, 0.25) is 0 Å². The van der Waals surface area contributed by atoms with Gasteiger partial charge in [0.25, 0.3) is 0 Å². The molecule has 1 saturated heterocycles. The number of thioether (sulfide) groups is 1. The topological polar surface area (TPSA) is 65.0 Å².